The molecule has 21 heavy (non-hydrogen) atoms. The average Bonchev–Trinajstić information content (AvgIpc) is 2.47. The molecule has 0 bridgehead atoms. The van der Waals surface area contributed by atoms with E-state index in [9.17, 15) is 4.79 Å². The van der Waals surface area contributed by atoms with E-state index in [1.54, 1.807) is 25.3 Å². The minimum Gasteiger partial charge on any atom is -0.492 e. The third-order valence-electron chi connectivity index (χ3n) is 3.03. The number of hydrogen-bond acceptors (Lipinski definition) is 5. The molecule has 118 valence electrons. The molecular formula is C15H25N3O3. The second-order valence-electron chi connectivity index (χ2n) is 4.74. The molecule has 3 N–H and O–H groups in total. The normalized spacial score (nSPS) is 10.7. The van der Waals surface area contributed by atoms with Crippen LogP contribution in [0, 0.1) is 0 Å². The van der Waals surface area contributed by atoms with Crippen molar-refractivity contribution in [1.29, 1.82) is 0 Å². The van der Waals surface area contributed by atoms with Gasteiger partial charge in [-0.1, -0.05) is 0 Å². The molecule has 0 saturated carbocycles. The third kappa shape index (κ3) is 6.01. The van der Waals surface area contributed by atoms with Crippen molar-refractivity contribution in [3.8, 4) is 5.75 Å². The smallest absolute Gasteiger partial charge is 0.251 e. The Hall–Kier alpha value is -1.79. The van der Waals surface area contributed by atoms with Gasteiger partial charge in [0, 0.05) is 32.3 Å². The number of nitrogens with two attached hydrogens (primary N) is 1. The van der Waals surface area contributed by atoms with Crippen molar-refractivity contribution in [2.45, 2.75) is 6.92 Å². The number of ether oxygens (including phenoxy) is 2. The highest BCUT2D eigenvalue weighted by Gasteiger charge is 2.08. The van der Waals surface area contributed by atoms with Crippen LogP contribution in [0.2, 0.25) is 0 Å². The van der Waals surface area contributed by atoms with E-state index in [2.05, 4.69) is 10.2 Å². The Balaban J connectivity index is 2.43. The Labute approximate surface area is 126 Å². The van der Waals surface area contributed by atoms with Gasteiger partial charge >= 0.3 is 0 Å². The zero-order valence-electron chi connectivity index (χ0n) is 13.0. The van der Waals surface area contributed by atoms with Gasteiger partial charge in [-0.25, -0.2) is 0 Å². The lowest BCUT2D eigenvalue weighted by molar-refractivity contribution is 0.0947. The van der Waals surface area contributed by atoms with Gasteiger partial charge in [0.05, 0.1) is 18.9 Å². The van der Waals surface area contributed by atoms with Crippen molar-refractivity contribution in [2.75, 3.05) is 52.7 Å². The Morgan fingerprint density at radius 1 is 1.38 bits per heavy atom. The van der Waals surface area contributed by atoms with Crippen molar-refractivity contribution in [2.24, 2.45) is 0 Å². The lowest BCUT2D eigenvalue weighted by atomic mass is 10.1. The minimum absolute atomic E-state index is 0.134. The number of carbonyl (C=O) groups is 1. The largest absolute Gasteiger partial charge is 0.492 e. The fourth-order valence-electron chi connectivity index (χ4n) is 1.80. The number of nitrogens with one attached hydrogen (secondary N) is 1. The first-order chi connectivity index (χ1) is 10.1. The van der Waals surface area contributed by atoms with E-state index >= 15 is 0 Å². The van der Waals surface area contributed by atoms with E-state index in [1.807, 2.05) is 14.0 Å². The van der Waals surface area contributed by atoms with E-state index in [-0.39, 0.29) is 5.91 Å². The first-order valence-corrected chi connectivity index (χ1v) is 7.06. The molecule has 0 radical (unpaired) electrons. The fraction of sp³-hybridized carbons (Fsp3) is 0.533. The molecule has 0 saturated heterocycles. The maximum absolute atomic E-state index is 12.0. The van der Waals surface area contributed by atoms with Gasteiger partial charge in [0.1, 0.15) is 5.75 Å². The number of nitrogen functional groups attached to an aromatic ring is 1. The number of hydrogen-bond donors (Lipinski definition) is 2. The number of carbonyl (C=O) groups excluding carboxylic acids is 1. The molecule has 0 atom stereocenters. The molecule has 0 fully saturated rings. The molecule has 0 aromatic heterocycles. The molecule has 0 unspecified atom stereocenters. The molecule has 1 aromatic rings. The lowest BCUT2D eigenvalue weighted by Crippen LogP contribution is -2.34. The Morgan fingerprint density at radius 2 is 2.14 bits per heavy atom. The predicted molar refractivity (Wildman–Crippen MR) is 83.7 cm³/mol. The maximum Gasteiger partial charge on any atom is 0.251 e. The molecular weight excluding hydrogens is 270 g/mol. The van der Waals surface area contributed by atoms with Crippen LogP contribution in [-0.4, -0.2) is 57.8 Å². The number of amides is 1. The highest BCUT2D eigenvalue weighted by Crippen LogP contribution is 2.22. The van der Waals surface area contributed by atoms with Crippen molar-refractivity contribution in [3.63, 3.8) is 0 Å². The second kappa shape index (κ2) is 9.20. The Morgan fingerprint density at radius 3 is 2.76 bits per heavy atom. The summed E-state index contributed by atoms with van der Waals surface area (Å²) in [4.78, 5) is 14.1. The van der Waals surface area contributed by atoms with E-state index in [4.69, 9.17) is 15.2 Å². The predicted octanol–water partition coefficient (Wildman–Crippen LogP) is 0.976. The van der Waals surface area contributed by atoms with Crippen LogP contribution >= 0.6 is 0 Å². The van der Waals surface area contributed by atoms with E-state index in [0.717, 1.165) is 13.1 Å². The molecule has 6 nitrogen and oxygen atoms in total. The van der Waals surface area contributed by atoms with Gasteiger partial charge in [-0.3, -0.25) is 4.79 Å². The van der Waals surface area contributed by atoms with Gasteiger partial charge < -0.3 is 25.4 Å². The van der Waals surface area contributed by atoms with Gasteiger partial charge in [0.25, 0.3) is 5.91 Å². The first-order valence-electron chi connectivity index (χ1n) is 7.06. The van der Waals surface area contributed by atoms with Crippen molar-refractivity contribution >= 4 is 11.6 Å². The highest BCUT2D eigenvalue weighted by molar-refractivity contribution is 5.95. The monoisotopic (exact) mass is 295 g/mol. The molecule has 0 heterocycles. The summed E-state index contributed by atoms with van der Waals surface area (Å²) in [5.41, 5.74) is 6.86. The second-order valence-corrected chi connectivity index (χ2v) is 4.74. The molecule has 0 spiro atoms. The van der Waals surface area contributed by atoms with E-state index in [1.165, 1.54) is 0 Å². The van der Waals surface area contributed by atoms with Crippen LogP contribution in [0.15, 0.2) is 18.2 Å². The zero-order valence-corrected chi connectivity index (χ0v) is 13.0. The summed E-state index contributed by atoms with van der Waals surface area (Å²) in [5.74, 6) is 0.471. The van der Waals surface area contributed by atoms with Crippen LogP contribution in [0.3, 0.4) is 0 Å². The van der Waals surface area contributed by atoms with Crippen LogP contribution in [0.25, 0.3) is 0 Å². The third-order valence-corrected chi connectivity index (χ3v) is 3.03. The lowest BCUT2D eigenvalue weighted by Gasteiger charge is -2.16. The summed E-state index contributed by atoms with van der Waals surface area (Å²) >= 11 is 0. The van der Waals surface area contributed by atoms with Crippen LogP contribution in [0.5, 0.6) is 5.75 Å². The quantitative estimate of drug-likeness (QED) is 0.664. The molecule has 0 aliphatic carbocycles. The average molecular weight is 295 g/mol. The van der Waals surface area contributed by atoms with Crippen LogP contribution in [-0.2, 0) is 4.74 Å². The van der Waals surface area contributed by atoms with Crippen LogP contribution in [0.4, 0.5) is 5.69 Å². The zero-order chi connectivity index (χ0) is 15.7. The van der Waals surface area contributed by atoms with E-state index in [0.29, 0.717) is 36.8 Å². The number of methoxy groups -OCH3 is 1. The van der Waals surface area contributed by atoms with Gasteiger partial charge in [-0.15, -0.1) is 0 Å². The van der Waals surface area contributed by atoms with Crippen LogP contribution in [0.1, 0.15) is 17.3 Å². The molecule has 1 amide bonds. The molecule has 0 aliphatic rings. The summed E-state index contributed by atoms with van der Waals surface area (Å²) in [6.45, 7) is 5.29. The van der Waals surface area contributed by atoms with Crippen LogP contribution < -0.4 is 15.8 Å². The molecule has 1 rings (SSSR count). The summed E-state index contributed by atoms with van der Waals surface area (Å²) in [7, 11) is 3.66. The van der Waals surface area contributed by atoms with Crippen molar-refractivity contribution in [3.05, 3.63) is 23.8 Å². The molecule has 0 aliphatic heterocycles. The SMILES string of the molecule is CCOc1ccc(C(=O)NCCN(C)CCOC)cc1N. The summed E-state index contributed by atoms with van der Waals surface area (Å²) in [6.07, 6.45) is 0. The summed E-state index contributed by atoms with van der Waals surface area (Å²) < 4.78 is 10.3. The topological polar surface area (TPSA) is 76.8 Å². The maximum atomic E-state index is 12.0. The Kier molecular flexibility index (Phi) is 7.56. The number of likely N-dealkylation sites (N-methyl/N-ethyl adjacent to an activating group) is 1. The molecule has 1 aromatic carbocycles. The van der Waals surface area contributed by atoms with E-state index < -0.39 is 0 Å². The number of anilines is 1. The van der Waals surface area contributed by atoms with Gasteiger partial charge in [-0.2, -0.15) is 0 Å². The highest BCUT2D eigenvalue weighted by atomic mass is 16.5. The number of rotatable bonds is 9. The van der Waals surface area contributed by atoms with Gasteiger partial charge in [0.15, 0.2) is 0 Å². The van der Waals surface area contributed by atoms with Crippen molar-refractivity contribution in [1.82, 2.24) is 10.2 Å². The fourth-order valence-corrected chi connectivity index (χ4v) is 1.80. The number of nitrogens with zero attached hydrogens (tertiary/aromatic N) is 1. The standard InChI is InChI=1S/C15H25N3O3/c1-4-21-14-6-5-12(11-13(14)16)15(19)17-7-8-18(2)9-10-20-3/h5-6,11H,4,7-10,16H2,1-3H3,(H,17,19). The summed E-state index contributed by atoms with van der Waals surface area (Å²) in [6, 6.07) is 5.07. The molecule has 6 heteroatoms. The minimum atomic E-state index is -0.134. The first kappa shape index (κ1) is 17.3. The number of benzene rings is 1. The Bertz CT molecular complexity index is 452. The van der Waals surface area contributed by atoms with Gasteiger partial charge in [0.2, 0.25) is 0 Å². The van der Waals surface area contributed by atoms with Crippen molar-refractivity contribution < 1.29 is 14.3 Å². The van der Waals surface area contributed by atoms with Gasteiger partial charge in [-0.05, 0) is 32.2 Å². The summed E-state index contributed by atoms with van der Waals surface area (Å²) in [5, 5.41) is 2.87.